The molecule has 4 rings (SSSR count). The Morgan fingerprint density at radius 2 is 1.90 bits per heavy atom. The van der Waals surface area contributed by atoms with Crippen LogP contribution in [0.3, 0.4) is 0 Å². The van der Waals surface area contributed by atoms with Gasteiger partial charge in [0.2, 0.25) is 0 Å². The number of carbonyl (C=O) groups excluding carboxylic acids is 2. The molecule has 2 aliphatic heterocycles. The first-order valence-corrected chi connectivity index (χ1v) is 10.4. The SMILES string of the molecule is COc1ccc2c(c1)[C@]1(O[C@@](CC=O)(C(C)(C)C)C[C@H]1c1ccccc1)C(=O)N2C. The van der Waals surface area contributed by atoms with Gasteiger partial charge in [0, 0.05) is 24.9 Å². The van der Waals surface area contributed by atoms with Crippen molar-refractivity contribution in [2.75, 3.05) is 19.1 Å². The van der Waals surface area contributed by atoms with E-state index in [1.54, 1.807) is 19.1 Å². The van der Waals surface area contributed by atoms with Crippen molar-refractivity contribution in [3.8, 4) is 5.75 Å². The maximum absolute atomic E-state index is 13.9. The minimum Gasteiger partial charge on any atom is -0.497 e. The zero-order valence-electron chi connectivity index (χ0n) is 18.3. The number of rotatable bonds is 4. The van der Waals surface area contributed by atoms with Gasteiger partial charge in [-0.2, -0.15) is 0 Å². The molecule has 3 atom stereocenters. The Hall–Kier alpha value is -2.66. The zero-order valence-corrected chi connectivity index (χ0v) is 18.3. The van der Waals surface area contributed by atoms with Crippen molar-refractivity contribution in [2.45, 2.75) is 50.7 Å². The summed E-state index contributed by atoms with van der Waals surface area (Å²) < 4.78 is 12.4. The molecule has 0 N–H and O–H groups in total. The summed E-state index contributed by atoms with van der Waals surface area (Å²) in [5.74, 6) is 0.355. The Bertz CT molecular complexity index is 980. The molecule has 30 heavy (non-hydrogen) atoms. The topological polar surface area (TPSA) is 55.8 Å². The van der Waals surface area contributed by atoms with E-state index in [0.717, 1.165) is 23.1 Å². The predicted molar refractivity (Wildman–Crippen MR) is 116 cm³/mol. The van der Waals surface area contributed by atoms with Crippen molar-refractivity contribution in [3.05, 3.63) is 59.7 Å². The zero-order chi connectivity index (χ0) is 21.7. The average molecular weight is 408 g/mol. The number of fused-ring (bicyclic) bond motifs is 2. The van der Waals surface area contributed by atoms with Crippen LogP contribution in [0.25, 0.3) is 0 Å². The predicted octanol–water partition coefficient (Wildman–Crippen LogP) is 4.44. The monoisotopic (exact) mass is 407 g/mol. The molecular formula is C25H29NO4. The molecule has 158 valence electrons. The van der Waals surface area contributed by atoms with Crippen LogP contribution in [0.2, 0.25) is 0 Å². The van der Waals surface area contributed by atoms with E-state index < -0.39 is 11.2 Å². The fourth-order valence-electron chi connectivity index (χ4n) is 5.10. The highest BCUT2D eigenvalue weighted by atomic mass is 16.5. The summed E-state index contributed by atoms with van der Waals surface area (Å²) >= 11 is 0. The number of hydrogen-bond donors (Lipinski definition) is 0. The van der Waals surface area contributed by atoms with Crippen molar-refractivity contribution in [1.29, 1.82) is 0 Å². The first-order valence-electron chi connectivity index (χ1n) is 10.4. The molecule has 0 saturated carbocycles. The molecule has 1 fully saturated rings. The number of amides is 1. The third kappa shape index (κ3) is 2.72. The smallest absolute Gasteiger partial charge is 0.264 e. The lowest BCUT2D eigenvalue weighted by atomic mass is 9.69. The molecule has 1 saturated heterocycles. The number of aldehydes is 1. The summed E-state index contributed by atoms with van der Waals surface area (Å²) in [6.07, 6.45) is 1.73. The van der Waals surface area contributed by atoms with Gasteiger partial charge in [-0.15, -0.1) is 0 Å². The van der Waals surface area contributed by atoms with E-state index in [4.69, 9.17) is 9.47 Å². The fraction of sp³-hybridized carbons (Fsp3) is 0.440. The number of methoxy groups -OCH3 is 1. The molecule has 5 nitrogen and oxygen atoms in total. The molecule has 0 radical (unpaired) electrons. The summed E-state index contributed by atoms with van der Waals surface area (Å²) in [5, 5.41) is 0. The number of benzene rings is 2. The number of likely N-dealkylation sites (N-methyl/N-ethyl adjacent to an activating group) is 1. The van der Waals surface area contributed by atoms with E-state index in [-0.39, 0.29) is 23.7 Å². The lowest BCUT2D eigenvalue weighted by Gasteiger charge is -2.41. The molecule has 2 aromatic rings. The van der Waals surface area contributed by atoms with Crippen molar-refractivity contribution < 1.29 is 19.1 Å². The van der Waals surface area contributed by atoms with Crippen LogP contribution < -0.4 is 9.64 Å². The highest BCUT2D eigenvalue weighted by Gasteiger charge is 2.67. The van der Waals surface area contributed by atoms with Gasteiger partial charge in [0.1, 0.15) is 12.0 Å². The van der Waals surface area contributed by atoms with Gasteiger partial charge in [0.05, 0.1) is 18.4 Å². The van der Waals surface area contributed by atoms with Crippen LogP contribution in [-0.2, 0) is 19.9 Å². The first-order chi connectivity index (χ1) is 14.2. The van der Waals surface area contributed by atoms with Crippen LogP contribution >= 0.6 is 0 Å². The molecule has 2 aromatic carbocycles. The molecule has 0 bridgehead atoms. The standard InChI is InChI=1S/C25H29NO4/c1-23(2,3)24(13-14-27)16-20(17-9-7-6-8-10-17)25(30-24)19-15-18(29-5)11-12-21(19)26(4)22(25)28/h6-12,14-15,20H,13,16H2,1-5H3/t20-,24+,25+/m0/s1. The van der Waals surface area contributed by atoms with E-state index in [1.165, 1.54) is 0 Å². The largest absolute Gasteiger partial charge is 0.497 e. The maximum Gasteiger partial charge on any atom is 0.264 e. The summed E-state index contributed by atoms with van der Waals surface area (Å²) in [6, 6.07) is 15.7. The molecule has 0 aliphatic carbocycles. The van der Waals surface area contributed by atoms with Gasteiger partial charge in [-0.3, -0.25) is 4.79 Å². The number of anilines is 1. The highest BCUT2D eigenvalue weighted by Crippen LogP contribution is 2.63. The van der Waals surface area contributed by atoms with E-state index in [0.29, 0.717) is 12.2 Å². The third-order valence-corrected chi connectivity index (χ3v) is 6.95. The third-order valence-electron chi connectivity index (χ3n) is 6.95. The van der Waals surface area contributed by atoms with Crippen LogP contribution in [-0.4, -0.2) is 32.0 Å². The summed E-state index contributed by atoms with van der Waals surface area (Å²) in [4.78, 5) is 27.3. The Morgan fingerprint density at radius 1 is 1.20 bits per heavy atom. The fourth-order valence-corrected chi connectivity index (χ4v) is 5.10. The van der Waals surface area contributed by atoms with E-state index in [9.17, 15) is 9.59 Å². The molecule has 1 spiro atoms. The van der Waals surface area contributed by atoms with Gasteiger partial charge in [-0.05, 0) is 35.6 Å². The minimum absolute atomic E-state index is 0.100. The van der Waals surface area contributed by atoms with E-state index in [1.807, 2.05) is 48.5 Å². The highest BCUT2D eigenvalue weighted by molar-refractivity contribution is 6.08. The number of hydrogen-bond acceptors (Lipinski definition) is 4. The van der Waals surface area contributed by atoms with Crippen molar-refractivity contribution in [2.24, 2.45) is 5.41 Å². The van der Waals surface area contributed by atoms with Crippen LogP contribution in [0, 0.1) is 5.41 Å². The second-order valence-corrected chi connectivity index (χ2v) is 9.37. The molecule has 5 heteroatoms. The van der Waals surface area contributed by atoms with Crippen molar-refractivity contribution in [3.63, 3.8) is 0 Å². The van der Waals surface area contributed by atoms with Crippen LogP contribution in [0.15, 0.2) is 48.5 Å². The Balaban J connectivity index is 2.00. The van der Waals surface area contributed by atoms with Gasteiger partial charge in [-0.1, -0.05) is 51.1 Å². The second kappa shape index (κ2) is 6.95. The lowest BCUT2D eigenvalue weighted by Crippen LogP contribution is -2.48. The van der Waals surface area contributed by atoms with Gasteiger partial charge < -0.3 is 19.2 Å². The summed E-state index contributed by atoms with van der Waals surface area (Å²) in [7, 11) is 3.40. The van der Waals surface area contributed by atoms with Gasteiger partial charge in [-0.25, -0.2) is 0 Å². The van der Waals surface area contributed by atoms with Gasteiger partial charge in [0.15, 0.2) is 5.60 Å². The number of nitrogens with zero attached hydrogens (tertiary/aromatic N) is 1. The molecule has 2 aliphatic rings. The van der Waals surface area contributed by atoms with E-state index >= 15 is 0 Å². The molecule has 1 amide bonds. The number of carbonyl (C=O) groups is 2. The van der Waals surface area contributed by atoms with Gasteiger partial charge >= 0.3 is 0 Å². The number of ether oxygens (including phenoxy) is 2. The van der Waals surface area contributed by atoms with E-state index in [2.05, 4.69) is 20.8 Å². The summed E-state index contributed by atoms with van der Waals surface area (Å²) in [5.41, 5.74) is 0.349. The van der Waals surface area contributed by atoms with Crippen LogP contribution in [0.5, 0.6) is 5.75 Å². The molecule has 2 heterocycles. The summed E-state index contributed by atoms with van der Waals surface area (Å²) in [6.45, 7) is 6.23. The average Bonchev–Trinajstić information content (AvgIpc) is 3.19. The Labute approximate surface area is 178 Å². The van der Waals surface area contributed by atoms with Crippen molar-refractivity contribution in [1.82, 2.24) is 0 Å². The Morgan fingerprint density at radius 3 is 2.50 bits per heavy atom. The van der Waals surface area contributed by atoms with Crippen LogP contribution in [0.4, 0.5) is 5.69 Å². The quantitative estimate of drug-likeness (QED) is 0.703. The molecule has 0 unspecified atom stereocenters. The maximum atomic E-state index is 13.9. The second-order valence-electron chi connectivity index (χ2n) is 9.37. The normalized spacial score (nSPS) is 28.1. The molecular weight excluding hydrogens is 378 g/mol. The van der Waals surface area contributed by atoms with Gasteiger partial charge in [0.25, 0.3) is 5.91 Å². The minimum atomic E-state index is -1.20. The first kappa shape index (κ1) is 20.6. The Kier molecular flexibility index (Phi) is 4.77. The molecule has 0 aromatic heterocycles. The van der Waals surface area contributed by atoms with Crippen LogP contribution in [0.1, 0.15) is 50.7 Å². The van der Waals surface area contributed by atoms with Crippen molar-refractivity contribution >= 4 is 17.9 Å². The lowest BCUT2D eigenvalue weighted by molar-refractivity contribution is -0.175.